The van der Waals surface area contributed by atoms with Crippen molar-refractivity contribution < 1.29 is 9.59 Å². The molecule has 1 aliphatic heterocycles. The van der Waals surface area contributed by atoms with E-state index in [-0.39, 0.29) is 17.9 Å². The lowest BCUT2D eigenvalue weighted by Gasteiger charge is -2.25. The highest BCUT2D eigenvalue weighted by molar-refractivity contribution is 7.99. The predicted molar refractivity (Wildman–Crippen MR) is 69.9 cm³/mol. The number of amides is 2. The molecule has 2 amide bonds. The molecule has 2 N–H and O–H groups in total. The lowest BCUT2D eigenvalue weighted by molar-refractivity contribution is -0.128. The Morgan fingerprint density at radius 1 is 1.44 bits per heavy atom. The molecule has 1 aliphatic rings. The third-order valence-electron chi connectivity index (χ3n) is 2.44. The van der Waals surface area contributed by atoms with E-state index in [0.29, 0.717) is 5.75 Å². The van der Waals surface area contributed by atoms with Crippen molar-refractivity contribution in [1.82, 2.24) is 10.6 Å². The largest absolute Gasteiger partial charge is 0.351 e. The van der Waals surface area contributed by atoms with Crippen LogP contribution in [0.3, 0.4) is 0 Å². The standard InChI is InChI=1S/C10H18N2O2S2/c1-7(13)11-9(6-15)10(14)12-8-2-4-16-5-3-8/h8-9,15H,2-6H2,1H3,(H,11,13)(H,12,14). The Labute approximate surface area is 106 Å². The van der Waals surface area contributed by atoms with E-state index in [9.17, 15) is 9.59 Å². The Morgan fingerprint density at radius 3 is 2.56 bits per heavy atom. The van der Waals surface area contributed by atoms with Crippen molar-refractivity contribution in [3.63, 3.8) is 0 Å². The van der Waals surface area contributed by atoms with E-state index in [1.54, 1.807) is 0 Å². The third-order valence-corrected chi connectivity index (χ3v) is 3.86. The summed E-state index contributed by atoms with van der Waals surface area (Å²) in [6.07, 6.45) is 2.02. The minimum Gasteiger partial charge on any atom is -0.351 e. The number of thioether (sulfide) groups is 1. The minimum atomic E-state index is -0.518. The molecular formula is C10H18N2O2S2. The van der Waals surface area contributed by atoms with Gasteiger partial charge in [0.1, 0.15) is 6.04 Å². The van der Waals surface area contributed by atoms with Gasteiger partial charge in [0, 0.05) is 18.7 Å². The Hall–Kier alpha value is -0.360. The quantitative estimate of drug-likeness (QED) is 0.644. The number of carbonyl (C=O) groups excluding carboxylic acids is 2. The van der Waals surface area contributed by atoms with Crippen molar-refractivity contribution in [1.29, 1.82) is 0 Å². The normalized spacial score (nSPS) is 18.9. The molecule has 1 fully saturated rings. The van der Waals surface area contributed by atoms with Gasteiger partial charge in [-0.15, -0.1) is 0 Å². The summed E-state index contributed by atoms with van der Waals surface area (Å²) < 4.78 is 0. The Morgan fingerprint density at radius 2 is 2.06 bits per heavy atom. The van der Waals surface area contributed by atoms with Crippen LogP contribution in [0.1, 0.15) is 19.8 Å². The Balaban J connectivity index is 2.38. The van der Waals surface area contributed by atoms with Crippen LogP contribution in [0.25, 0.3) is 0 Å². The van der Waals surface area contributed by atoms with Crippen LogP contribution in [-0.4, -0.2) is 41.2 Å². The zero-order chi connectivity index (χ0) is 12.0. The van der Waals surface area contributed by atoms with Crippen molar-refractivity contribution in [2.45, 2.75) is 31.8 Å². The summed E-state index contributed by atoms with van der Waals surface area (Å²) in [4.78, 5) is 22.7. The second kappa shape index (κ2) is 7.06. The van der Waals surface area contributed by atoms with Crippen LogP contribution in [0.15, 0.2) is 0 Å². The van der Waals surface area contributed by atoms with Gasteiger partial charge in [-0.1, -0.05) is 0 Å². The molecule has 1 unspecified atom stereocenters. The molecule has 0 aromatic carbocycles. The lowest BCUT2D eigenvalue weighted by atomic mass is 10.1. The molecule has 0 aliphatic carbocycles. The maximum Gasteiger partial charge on any atom is 0.243 e. The van der Waals surface area contributed by atoms with Gasteiger partial charge >= 0.3 is 0 Å². The van der Waals surface area contributed by atoms with Crippen LogP contribution < -0.4 is 10.6 Å². The Kier molecular flexibility index (Phi) is 6.05. The molecule has 0 aromatic rings. The lowest BCUT2D eigenvalue weighted by Crippen LogP contribution is -2.50. The first-order valence-corrected chi connectivity index (χ1v) is 7.18. The van der Waals surface area contributed by atoms with Crippen LogP contribution in [-0.2, 0) is 9.59 Å². The molecule has 6 heteroatoms. The van der Waals surface area contributed by atoms with Gasteiger partial charge in [0.25, 0.3) is 0 Å². The highest BCUT2D eigenvalue weighted by Crippen LogP contribution is 2.16. The van der Waals surface area contributed by atoms with Crippen molar-refractivity contribution >= 4 is 36.2 Å². The van der Waals surface area contributed by atoms with E-state index in [0.717, 1.165) is 24.3 Å². The van der Waals surface area contributed by atoms with E-state index in [1.165, 1.54) is 6.92 Å². The molecule has 1 saturated heterocycles. The van der Waals surface area contributed by atoms with Crippen molar-refractivity contribution in [2.24, 2.45) is 0 Å². The fourth-order valence-electron chi connectivity index (χ4n) is 1.58. The van der Waals surface area contributed by atoms with Crippen LogP contribution in [0, 0.1) is 0 Å². The summed E-state index contributed by atoms with van der Waals surface area (Å²) in [6.45, 7) is 1.40. The van der Waals surface area contributed by atoms with Gasteiger partial charge < -0.3 is 10.6 Å². The van der Waals surface area contributed by atoms with Crippen LogP contribution >= 0.6 is 24.4 Å². The van der Waals surface area contributed by atoms with Crippen LogP contribution in [0.2, 0.25) is 0 Å². The van der Waals surface area contributed by atoms with Gasteiger partial charge in [-0.3, -0.25) is 9.59 Å². The third kappa shape index (κ3) is 4.65. The SMILES string of the molecule is CC(=O)NC(CS)C(=O)NC1CCSCC1. The van der Waals surface area contributed by atoms with Crippen LogP contribution in [0.5, 0.6) is 0 Å². The van der Waals surface area contributed by atoms with Crippen molar-refractivity contribution in [3.8, 4) is 0 Å². The highest BCUT2D eigenvalue weighted by Gasteiger charge is 2.22. The summed E-state index contributed by atoms with van der Waals surface area (Å²) >= 11 is 5.98. The first-order valence-electron chi connectivity index (χ1n) is 5.39. The first-order chi connectivity index (χ1) is 7.63. The first kappa shape index (κ1) is 13.7. The maximum atomic E-state index is 11.8. The highest BCUT2D eigenvalue weighted by atomic mass is 32.2. The molecular weight excluding hydrogens is 244 g/mol. The van der Waals surface area contributed by atoms with Gasteiger partial charge in [0.05, 0.1) is 0 Å². The average Bonchev–Trinajstić information content (AvgIpc) is 2.26. The smallest absolute Gasteiger partial charge is 0.243 e. The van der Waals surface area contributed by atoms with Gasteiger partial charge in [0.15, 0.2) is 0 Å². The summed E-state index contributed by atoms with van der Waals surface area (Å²) in [7, 11) is 0. The van der Waals surface area contributed by atoms with Gasteiger partial charge in [-0.25, -0.2) is 0 Å². The summed E-state index contributed by atoms with van der Waals surface area (Å²) in [5, 5.41) is 5.55. The fraction of sp³-hybridized carbons (Fsp3) is 0.800. The zero-order valence-electron chi connectivity index (χ0n) is 9.36. The zero-order valence-corrected chi connectivity index (χ0v) is 11.1. The number of thiol groups is 1. The molecule has 0 bridgehead atoms. The molecule has 0 radical (unpaired) electrons. The number of rotatable bonds is 4. The molecule has 92 valence electrons. The fourth-order valence-corrected chi connectivity index (χ4v) is 2.95. The average molecular weight is 262 g/mol. The molecule has 0 aromatic heterocycles. The number of nitrogens with one attached hydrogen (secondary N) is 2. The molecule has 16 heavy (non-hydrogen) atoms. The minimum absolute atomic E-state index is 0.123. The van der Waals surface area contributed by atoms with E-state index in [4.69, 9.17) is 0 Å². The summed E-state index contributed by atoms with van der Waals surface area (Å²) in [5.74, 6) is 2.19. The molecule has 0 saturated carbocycles. The summed E-state index contributed by atoms with van der Waals surface area (Å²) in [6, 6.07) is -0.264. The van der Waals surface area contributed by atoms with E-state index in [1.807, 2.05) is 11.8 Å². The van der Waals surface area contributed by atoms with Gasteiger partial charge in [-0.2, -0.15) is 24.4 Å². The molecule has 1 heterocycles. The van der Waals surface area contributed by atoms with Gasteiger partial charge in [0.2, 0.25) is 11.8 Å². The number of carbonyl (C=O) groups is 2. The maximum absolute atomic E-state index is 11.8. The molecule has 1 rings (SSSR count). The van der Waals surface area contributed by atoms with E-state index < -0.39 is 6.04 Å². The topological polar surface area (TPSA) is 58.2 Å². The number of hydrogen-bond donors (Lipinski definition) is 3. The molecule has 1 atom stereocenters. The number of hydrogen-bond acceptors (Lipinski definition) is 4. The van der Waals surface area contributed by atoms with Crippen LogP contribution in [0.4, 0.5) is 0 Å². The van der Waals surface area contributed by atoms with Crippen molar-refractivity contribution in [2.75, 3.05) is 17.3 Å². The monoisotopic (exact) mass is 262 g/mol. The van der Waals surface area contributed by atoms with E-state index in [2.05, 4.69) is 23.3 Å². The second-order valence-electron chi connectivity index (χ2n) is 3.83. The predicted octanol–water partition coefficient (Wildman–Crippen LogP) is 0.433. The van der Waals surface area contributed by atoms with Gasteiger partial charge in [-0.05, 0) is 24.3 Å². The summed E-state index contributed by atoms with van der Waals surface area (Å²) in [5.41, 5.74) is 0. The second-order valence-corrected chi connectivity index (χ2v) is 5.42. The molecule has 0 spiro atoms. The molecule has 4 nitrogen and oxygen atoms in total. The Bertz CT molecular complexity index is 255. The van der Waals surface area contributed by atoms with E-state index >= 15 is 0 Å². The van der Waals surface area contributed by atoms with Crippen molar-refractivity contribution in [3.05, 3.63) is 0 Å².